The van der Waals surface area contributed by atoms with Gasteiger partial charge in [0.15, 0.2) is 17.0 Å². The number of nitrogens with two attached hydrogens (primary N) is 1. The summed E-state index contributed by atoms with van der Waals surface area (Å²) in [6, 6.07) is 13.4. The number of carbonyl (C=O) groups is 8. The van der Waals surface area contributed by atoms with Gasteiger partial charge in [0.25, 0.3) is 5.91 Å². The highest BCUT2D eigenvalue weighted by molar-refractivity contribution is 6.00. The molecule has 2 unspecified atom stereocenters. The number of aromatic hydroxyl groups is 2. The molecule has 0 bridgehead atoms. The Kier molecular flexibility index (Phi) is 31.3. The first-order chi connectivity index (χ1) is 31.3. The van der Waals surface area contributed by atoms with E-state index in [9.17, 15) is 48.6 Å². The first kappa shape index (κ1) is 62.9. The van der Waals surface area contributed by atoms with Crippen LogP contribution in [0.1, 0.15) is 113 Å². The Balaban J connectivity index is 0. The van der Waals surface area contributed by atoms with Gasteiger partial charge < -0.3 is 71.9 Å². The molecular weight excluding hydrogens is 885 g/mol. The van der Waals surface area contributed by atoms with E-state index in [0.29, 0.717) is 17.7 Å². The molecule has 13 N–H and O–H groups in total. The molecule has 0 saturated heterocycles. The van der Waals surface area contributed by atoms with E-state index < -0.39 is 72.7 Å². The zero-order valence-corrected chi connectivity index (χ0v) is 38.8. The van der Waals surface area contributed by atoms with Gasteiger partial charge in [0, 0.05) is 18.5 Å². The molecule has 378 valence electrons. The lowest BCUT2D eigenvalue weighted by Crippen LogP contribution is -2.42. The van der Waals surface area contributed by atoms with Crippen molar-refractivity contribution in [2.24, 2.45) is 11.7 Å². The number of nitrogens with one attached hydrogen (secondary N) is 1. The molecule has 2 aromatic rings. The third-order valence-corrected chi connectivity index (χ3v) is 10.1. The van der Waals surface area contributed by atoms with Crippen molar-refractivity contribution in [2.75, 3.05) is 45.8 Å². The predicted molar refractivity (Wildman–Crippen MR) is 243 cm³/mol. The second kappa shape index (κ2) is 33.3. The van der Waals surface area contributed by atoms with Crippen molar-refractivity contribution in [1.29, 1.82) is 0 Å². The molecule has 0 saturated carbocycles. The Hall–Kier alpha value is -6.20. The topological polar surface area (TPSA) is 383 Å². The van der Waals surface area contributed by atoms with E-state index in [1.165, 1.54) is 12.1 Å². The minimum Gasteiger partial charge on any atom is -0.507 e. The van der Waals surface area contributed by atoms with E-state index in [0.717, 1.165) is 71.4 Å². The lowest BCUT2D eigenvalue weighted by atomic mass is 9.93. The number of carboxylic acid groups (broad SMARTS) is 6. The zero-order chi connectivity index (χ0) is 51.9. The highest BCUT2D eigenvalue weighted by Gasteiger charge is 2.41. The minimum atomic E-state index is -2.74. The standard InChI is InChI=1S/C17H28N2O2.C16H26N2O2.2C6H8O7/c1-4-19(5-2)13-9-8-10-14(3)18-17(21)15-11-6-7-12-16(15)20;1-3-18(4-2)11-7-8-13(12-17)16(20)14-9-5-6-10-15(14)19;2*7-3(8)1-6(13,5(11)12)2-4(9)10/h6-7,11-12,14,20H,4-5,8-10,13H2,1-3H3,(H,18,21);5-6,9-10,13,19H,3-4,7-8,11-12,17H2,1-2H3;2*13H,1-2H2,(H,7,8)(H,9,10)(H,11,12). The van der Waals surface area contributed by atoms with Gasteiger partial charge in [-0.3, -0.25) is 28.8 Å². The Morgan fingerprint density at radius 2 is 0.925 bits per heavy atom. The summed E-state index contributed by atoms with van der Waals surface area (Å²) in [5.41, 5.74) is 0.971. The van der Waals surface area contributed by atoms with Crippen molar-refractivity contribution >= 4 is 47.5 Å². The normalized spacial score (nSPS) is 11.9. The summed E-state index contributed by atoms with van der Waals surface area (Å²) in [6.45, 7) is 17.3. The fourth-order valence-electron chi connectivity index (χ4n) is 6.15. The number of benzene rings is 2. The van der Waals surface area contributed by atoms with Crippen LogP contribution in [0.15, 0.2) is 48.5 Å². The van der Waals surface area contributed by atoms with Crippen LogP contribution in [-0.4, -0.2) is 171 Å². The Morgan fingerprint density at radius 1 is 0.567 bits per heavy atom. The van der Waals surface area contributed by atoms with Gasteiger partial charge in [0.1, 0.15) is 11.5 Å². The lowest BCUT2D eigenvalue weighted by molar-refractivity contribution is -0.170. The molecule has 1 amide bonds. The minimum absolute atomic E-state index is 0.0312. The van der Waals surface area contributed by atoms with Crippen molar-refractivity contribution in [3.63, 3.8) is 0 Å². The maximum Gasteiger partial charge on any atom is 0.336 e. The second-order valence-electron chi connectivity index (χ2n) is 15.4. The average Bonchev–Trinajstić information content (AvgIpc) is 3.23. The number of phenols is 2. The van der Waals surface area contributed by atoms with Gasteiger partial charge in [0.05, 0.1) is 36.8 Å². The maximum absolute atomic E-state index is 12.4. The molecule has 0 fully saturated rings. The second-order valence-corrected chi connectivity index (χ2v) is 15.4. The van der Waals surface area contributed by atoms with Crippen LogP contribution in [0.4, 0.5) is 0 Å². The van der Waals surface area contributed by atoms with Crippen LogP contribution in [0.2, 0.25) is 0 Å². The number of rotatable bonds is 28. The molecular formula is C45H70N4O18. The van der Waals surface area contributed by atoms with Crippen LogP contribution in [0.5, 0.6) is 11.5 Å². The van der Waals surface area contributed by atoms with E-state index in [4.69, 9.17) is 46.6 Å². The fraction of sp³-hybridized carbons (Fsp3) is 0.556. The summed E-state index contributed by atoms with van der Waals surface area (Å²) in [5.74, 6) is -10.4. The SMILES string of the molecule is CCN(CC)CCCC(CN)C(=O)c1ccccc1O.CCN(CC)CCCCC(C)NC(=O)c1ccccc1O.O=C(O)CC(O)(CC(=O)O)C(=O)O.O=C(O)CC(O)(CC(=O)O)C(=O)O. The summed E-state index contributed by atoms with van der Waals surface area (Å²) < 4.78 is 0. The number of phenolic OH excluding ortho intramolecular Hbond substituents is 2. The number of carbonyl (C=O) groups excluding carboxylic acids is 2. The van der Waals surface area contributed by atoms with Crippen LogP contribution in [0.3, 0.4) is 0 Å². The number of aliphatic carboxylic acids is 6. The molecule has 0 spiro atoms. The Labute approximate surface area is 389 Å². The van der Waals surface area contributed by atoms with E-state index in [1.54, 1.807) is 36.4 Å². The van der Waals surface area contributed by atoms with Crippen molar-refractivity contribution in [2.45, 2.75) is 110 Å². The van der Waals surface area contributed by atoms with Gasteiger partial charge in [-0.25, -0.2) is 9.59 Å². The number of hydrogen-bond acceptors (Lipinski definition) is 15. The molecule has 22 heteroatoms. The van der Waals surface area contributed by atoms with Crippen LogP contribution >= 0.6 is 0 Å². The first-order valence-corrected chi connectivity index (χ1v) is 21.6. The maximum atomic E-state index is 12.4. The molecule has 0 radical (unpaired) electrons. The van der Waals surface area contributed by atoms with Gasteiger partial charge in [-0.15, -0.1) is 0 Å². The van der Waals surface area contributed by atoms with E-state index >= 15 is 0 Å². The van der Waals surface area contributed by atoms with Gasteiger partial charge in [0.2, 0.25) is 0 Å². The van der Waals surface area contributed by atoms with Crippen molar-refractivity contribution in [1.82, 2.24) is 15.1 Å². The number of nitrogens with zero attached hydrogens (tertiary/aromatic N) is 2. The quantitative estimate of drug-likeness (QED) is 0.0431. The van der Waals surface area contributed by atoms with Crippen LogP contribution in [0.25, 0.3) is 0 Å². The largest absolute Gasteiger partial charge is 0.507 e. The van der Waals surface area contributed by atoms with Crippen molar-refractivity contribution in [3.8, 4) is 11.5 Å². The molecule has 0 aliphatic heterocycles. The average molecular weight is 955 g/mol. The number of carboxylic acids is 6. The summed E-state index contributed by atoms with van der Waals surface area (Å²) in [5, 5.41) is 90.0. The number of ketones is 1. The number of Topliss-reactive ketones (excluding diaryl/α,β-unsaturated/α-hetero) is 1. The molecule has 2 atom stereocenters. The molecule has 0 aliphatic rings. The Bertz CT molecular complexity index is 1780. The highest BCUT2D eigenvalue weighted by atomic mass is 16.4. The van der Waals surface area contributed by atoms with Crippen LogP contribution in [-0.2, 0) is 28.8 Å². The number of amides is 1. The fourth-order valence-corrected chi connectivity index (χ4v) is 6.15. The zero-order valence-electron chi connectivity index (χ0n) is 38.8. The van der Waals surface area contributed by atoms with Gasteiger partial charge in [-0.2, -0.15) is 0 Å². The van der Waals surface area contributed by atoms with Crippen molar-refractivity contribution in [3.05, 3.63) is 59.7 Å². The van der Waals surface area contributed by atoms with Gasteiger partial charge in [-0.05, 0) is 96.1 Å². The lowest BCUT2D eigenvalue weighted by Gasteiger charge is -2.20. The van der Waals surface area contributed by atoms with E-state index in [-0.39, 0.29) is 35.1 Å². The molecule has 0 aromatic heterocycles. The molecule has 2 rings (SSSR count). The summed E-state index contributed by atoms with van der Waals surface area (Å²) in [7, 11) is 0. The monoisotopic (exact) mass is 954 g/mol. The summed E-state index contributed by atoms with van der Waals surface area (Å²) in [4.78, 5) is 90.1. The van der Waals surface area contributed by atoms with Crippen molar-refractivity contribution < 1.29 is 89.4 Å². The molecule has 0 aliphatic carbocycles. The smallest absolute Gasteiger partial charge is 0.336 e. The third-order valence-electron chi connectivity index (χ3n) is 10.1. The summed E-state index contributed by atoms with van der Waals surface area (Å²) >= 11 is 0. The molecule has 67 heavy (non-hydrogen) atoms. The van der Waals surface area contributed by atoms with Crippen LogP contribution < -0.4 is 11.1 Å². The van der Waals surface area contributed by atoms with Gasteiger partial charge >= 0.3 is 35.8 Å². The summed E-state index contributed by atoms with van der Waals surface area (Å²) in [6.07, 6.45) is 0.341. The van der Waals surface area contributed by atoms with Crippen LogP contribution in [0, 0.1) is 5.92 Å². The third kappa shape index (κ3) is 26.5. The number of hydrogen-bond donors (Lipinski definition) is 12. The van der Waals surface area contributed by atoms with E-state index in [1.807, 2.05) is 6.92 Å². The molecule has 22 nitrogen and oxygen atoms in total. The number of aliphatic hydroxyl groups is 2. The Morgan fingerprint density at radius 3 is 1.25 bits per heavy atom. The number of unbranched alkanes of at least 4 members (excludes halogenated alkanes) is 1. The predicted octanol–water partition coefficient (Wildman–Crippen LogP) is 2.80. The van der Waals surface area contributed by atoms with E-state index in [2.05, 4.69) is 42.8 Å². The first-order valence-electron chi connectivity index (χ1n) is 21.6. The van der Waals surface area contributed by atoms with Gasteiger partial charge in [-0.1, -0.05) is 58.4 Å². The molecule has 2 aromatic carbocycles. The highest BCUT2D eigenvalue weighted by Crippen LogP contribution is 2.22. The molecule has 0 heterocycles. The number of para-hydroxylation sites is 2.